The van der Waals surface area contributed by atoms with Crippen molar-refractivity contribution in [3.05, 3.63) is 0 Å². The summed E-state index contributed by atoms with van der Waals surface area (Å²) in [7, 11) is 1.45. The predicted molar refractivity (Wildman–Crippen MR) is 74.5 cm³/mol. The number of rotatable bonds is 7. The quantitative estimate of drug-likeness (QED) is 0.561. The van der Waals surface area contributed by atoms with Crippen molar-refractivity contribution in [2.45, 2.75) is 58.8 Å². The van der Waals surface area contributed by atoms with Crippen LogP contribution in [-0.2, 0) is 9.53 Å². The summed E-state index contributed by atoms with van der Waals surface area (Å²) in [5.74, 6) is 0.752. The minimum atomic E-state index is -0.108. The summed E-state index contributed by atoms with van der Waals surface area (Å²) in [6.07, 6.45) is 8.38. The molecule has 1 aliphatic carbocycles. The minimum absolute atomic E-state index is 0.108. The molecule has 1 rings (SSSR count). The fraction of sp³-hybridized carbons (Fsp3) is 0.933. The van der Waals surface area contributed by atoms with E-state index >= 15 is 0 Å². The number of hydrogen-bond acceptors (Lipinski definition) is 3. The molecular formula is C15H29NO2. The highest BCUT2D eigenvalue weighted by molar-refractivity contribution is 5.69. The Morgan fingerprint density at radius 2 is 1.94 bits per heavy atom. The maximum Gasteiger partial charge on any atom is 0.305 e. The Morgan fingerprint density at radius 1 is 1.28 bits per heavy atom. The van der Waals surface area contributed by atoms with Crippen molar-refractivity contribution in [3.63, 3.8) is 0 Å². The van der Waals surface area contributed by atoms with E-state index in [2.05, 4.69) is 23.9 Å². The summed E-state index contributed by atoms with van der Waals surface area (Å²) in [5, 5.41) is 3.49. The highest BCUT2D eigenvalue weighted by atomic mass is 16.5. The Labute approximate surface area is 112 Å². The molecule has 3 heteroatoms. The van der Waals surface area contributed by atoms with Gasteiger partial charge in [-0.2, -0.15) is 0 Å². The number of hydrogen-bond donors (Lipinski definition) is 1. The van der Waals surface area contributed by atoms with Crippen LogP contribution in [0.4, 0.5) is 0 Å². The molecule has 106 valence electrons. The van der Waals surface area contributed by atoms with Crippen molar-refractivity contribution in [1.82, 2.24) is 5.32 Å². The van der Waals surface area contributed by atoms with Crippen LogP contribution in [0.15, 0.2) is 0 Å². The average Bonchev–Trinajstić information content (AvgIpc) is 2.39. The van der Waals surface area contributed by atoms with Gasteiger partial charge in [0, 0.05) is 13.0 Å². The highest BCUT2D eigenvalue weighted by Gasteiger charge is 2.29. The molecule has 1 aliphatic rings. The third kappa shape index (κ3) is 5.38. The Balaban J connectivity index is 2.14. The third-order valence-corrected chi connectivity index (χ3v) is 4.25. The van der Waals surface area contributed by atoms with Crippen LogP contribution in [0, 0.1) is 11.3 Å². The Hall–Kier alpha value is -0.570. The zero-order valence-corrected chi connectivity index (χ0v) is 12.3. The van der Waals surface area contributed by atoms with Crippen molar-refractivity contribution >= 4 is 5.97 Å². The van der Waals surface area contributed by atoms with E-state index in [4.69, 9.17) is 0 Å². The lowest BCUT2D eigenvalue weighted by Gasteiger charge is -2.37. The van der Waals surface area contributed by atoms with Gasteiger partial charge >= 0.3 is 5.97 Å². The standard InChI is InChI=1S/C15H29NO2/c1-15(2,13-8-5-4-6-9-13)12-16-11-7-10-14(17)18-3/h13,16H,4-12H2,1-3H3. The lowest BCUT2D eigenvalue weighted by molar-refractivity contribution is -0.140. The van der Waals surface area contributed by atoms with E-state index in [1.807, 2.05) is 0 Å². The zero-order chi connectivity index (χ0) is 13.4. The highest BCUT2D eigenvalue weighted by Crippen LogP contribution is 2.37. The zero-order valence-electron chi connectivity index (χ0n) is 12.3. The molecule has 0 aromatic rings. The normalized spacial score (nSPS) is 17.7. The maximum atomic E-state index is 11.0. The SMILES string of the molecule is COC(=O)CCCNCC(C)(C)C1CCCCC1. The summed E-state index contributed by atoms with van der Waals surface area (Å²) < 4.78 is 4.63. The molecule has 0 spiro atoms. The molecule has 0 unspecified atom stereocenters. The molecule has 0 aromatic heterocycles. The smallest absolute Gasteiger partial charge is 0.305 e. The summed E-state index contributed by atoms with van der Waals surface area (Å²) in [6, 6.07) is 0. The number of carbonyl (C=O) groups is 1. The molecule has 0 saturated heterocycles. The molecule has 0 atom stereocenters. The number of nitrogens with one attached hydrogen (secondary N) is 1. The van der Waals surface area contributed by atoms with E-state index < -0.39 is 0 Å². The Morgan fingerprint density at radius 3 is 2.56 bits per heavy atom. The van der Waals surface area contributed by atoms with Gasteiger partial charge in [0.15, 0.2) is 0 Å². The second-order valence-corrected chi connectivity index (χ2v) is 6.18. The molecular weight excluding hydrogens is 226 g/mol. The monoisotopic (exact) mass is 255 g/mol. The molecule has 0 bridgehead atoms. The Bertz CT molecular complexity index is 245. The van der Waals surface area contributed by atoms with Gasteiger partial charge in [0.05, 0.1) is 7.11 Å². The molecule has 0 radical (unpaired) electrons. The van der Waals surface area contributed by atoms with Gasteiger partial charge < -0.3 is 10.1 Å². The van der Waals surface area contributed by atoms with Crippen LogP contribution in [0.3, 0.4) is 0 Å². The van der Waals surface area contributed by atoms with Crippen LogP contribution < -0.4 is 5.32 Å². The van der Waals surface area contributed by atoms with Gasteiger partial charge in [-0.1, -0.05) is 33.1 Å². The van der Waals surface area contributed by atoms with Crippen LogP contribution in [0.5, 0.6) is 0 Å². The molecule has 1 saturated carbocycles. The topological polar surface area (TPSA) is 38.3 Å². The minimum Gasteiger partial charge on any atom is -0.469 e. The molecule has 18 heavy (non-hydrogen) atoms. The van der Waals surface area contributed by atoms with Gasteiger partial charge in [-0.05, 0) is 37.1 Å². The second kappa shape index (κ2) is 7.78. The largest absolute Gasteiger partial charge is 0.469 e. The van der Waals surface area contributed by atoms with Crippen molar-refractivity contribution in [2.75, 3.05) is 20.2 Å². The van der Waals surface area contributed by atoms with Crippen molar-refractivity contribution < 1.29 is 9.53 Å². The molecule has 1 N–H and O–H groups in total. The number of esters is 1. The molecule has 1 fully saturated rings. The Kier molecular flexibility index (Phi) is 6.69. The van der Waals surface area contributed by atoms with Crippen LogP contribution in [0.1, 0.15) is 58.8 Å². The van der Waals surface area contributed by atoms with Gasteiger partial charge in [0.1, 0.15) is 0 Å². The lowest BCUT2D eigenvalue weighted by Crippen LogP contribution is -2.37. The number of methoxy groups -OCH3 is 1. The van der Waals surface area contributed by atoms with Crippen LogP contribution in [0.2, 0.25) is 0 Å². The van der Waals surface area contributed by atoms with Crippen LogP contribution in [0.25, 0.3) is 0 Å². The maximum absolute atomic E-state index is 11.0. The fourth-order valence-electron chi connectivity index (χ4n) is 2.90. The molecule has 0 heterocycles. The lowest BCUT2D eigenvalue weighted by atomic mass is 9.71. The first-order valence-electron chi connectivity index (χ1n) is 7.34. The molecule has 3 nitrogen and oxygen atoms in total. The summed E-state index contributed by atoms with van der Waals surface area (Å²) in [6.45, 7) is 6.71. The predicted octanol–water partition coefficient (Wildman–Crippen LogP) is 3.14. The van der Waals surface area contributed by atoms with Gasteiger partial charge in [-0.15, -0.1) is 0 Å². The summed E-state index contributed by atoms with van der Waals surface area (Å²) in [4.78, 5) is 11.0. The van der Waals surface area contributed by atoms with Crippen LogP contribution in [-0.4, -0.2) is 26.2 Å². The van der Waals surface area contributed by atoms with Crippen LogP contribution >= 0.6 is 0 Å². The summed E-state index contributed by atoms with van der Waals surface area (Å²) in [5.41, 5.74) is 0.381. The van der Waals surface area contributed by atoms with E-state index in [0.29, 0.717) is 11.8 Å². The van der Waals surface area contributed by atoms with E-state index in [1.54, 1.807) is 0 Å². The third-order valence-electron chi connectivity index (χ3n) is 4.25. The van der Waals surface area contributed by atoms with E-state index in [9.17, 15) is 4.79 Å². The number of carbonyl (C=O) groups excluding carboxylic acids is 1. The van der Waals surface area contributed by atoms with Gasteiger partial charge in [0.2, 0.25) is 0 Å². The van der Waals surface area contributed by atoms with E-state index in [0.717, 1.165) is 25.4 Å². The fourth-order valence-corrected chi connectivity index (χ4v) is 2.90. The average molecular weight is 255 g/mol. The first-order valence-corrected chi connectivity index (χ1v) is 7.34. The molecule has 0 amide bonds. The van der Waals surface area contributed by atoms with Gasteiger partial charge in [0.25, 0.3) is 0 Å². The number of ether oxygens (including phenoxy) is 1. The van der Waals surface area contributed by atoms with E-state index in [1.165, 1.54) is 39.2 Å². The molecule has 0 aromatic carbocycles. The molecule has 0 aliphatic heterocycles. The first-order chi connectivity index (χ1) is 8.56. The van der Waals surface area contributed by atoms with Crippen molar-refractivity contribution in [2.24, 2.45) is 11.3 Å². The summed E-state index contributed by atoms with van der Waals surface area (Å²) >= 11 is 0. The van der Waals surface area contributed by atoms with Gasteiger partial charge in [-0.3, -0.25) is 4.79 Å². The van der Waals surface area contributed by atoms with Gasteiger partial charge in [-0.25, -0.2) is 0 Å². The van der Waals surface area contributed by atoms with Crippen molar-refractivity contribution in [1.29, 1.82) is 0 Å². The first kappa shape index (κ1) is 15.5. The van der Waals surface area contributed by atoms with Crippen molar-refractivity contribution in [3.8, 4) is 0 Å². The van der Waals surface area contributed by atoms with E-state index in [-0.39, 0.29) is 5.97 Å². The second-order valence-electron chi connectivity index (χ2n) is 6.18.